The van der Waals surface area contributed by atoms with Gasteiger partial charge in [-0.3, -0.25) is 9.59 Å². The third-order valence-corrected chi connectivity index (χ3v) is 4.85. The fourth-order valence-electron chi connectivity index (χ4n) is 3.13. The van der Waals surface area contributed by atoms with Crippen molar-refractivity contribution < 1.29 is 29.6 Å². The molecule has 6 heteroatoms. The number of aliphatic hydroxyl groups excluding tert-OH is 1. The molecule has 0 radical (unpaired) electrons. The predicted octanol–water partition coefficient (Wildman–Crippen LogP) is 1.31. The average molecular weight is 304 g/mol. The van der Waals surface area contributed by atoms with Crippen LogP contribution in [0.5, 0.6) is 17.2 Å². The molecule has 1 aromatic rings. The van der Waals surface area contributed by atoms with E-state index in [2.05, 4.69) is 0 Å². The molecule has 0 saturated heterocycles. The smallest absolute Gasteiger partial charge is 0.262 e. The highest BCUT2D eigenvalue weighted by Crippen LogP contribution is 2.53. The van der Waals surface area contributed by atoms with Gasteiger partial charge in [-0.1, -0.05) is 0 Å². The Hall–Kier alpha value is -2.34. The van der Waals surface area contributed by atoms with Crippen molar-refractivity contribution >= 4 is 11.6 Å². The largest absolute Gasteiger partial charge is 0.504 e. The lowest BCUT2D eigenvalue weighted by molar-refractivity contribution is -0.129. The molecule has 0 fully saturated rings. The monoisotopic (exact) mass is 304 g/mol. The summed E-state index contributed by atoms with van der Waals surface area (Å²) in [5.74, 6) is -2.55. The molecule has 116 valence electrons. The highest BCUT2D eigenvalue weighted by atomic mass is 16.5. The first-order valence-electron chi connectivity index (χ1n) is 6.85. The van der Waals surface area contributed by atoms with Crippen LogP contribution in [0.2, 0.25) is 0 Å². The molecular formula is C16H16O6. The molecule has 1 heterocycles. The molecule has 0 bridgehead atoms. The molecule has 3 N–H and O–H groups in total. The number of Topliss-reactive ketones (excluding diaryl/α,β-unsaturated/α-hetero) is 2. The summed E-state index contributed by atoms with van der Waals surface area (Å²) in [6, 6.07) is 0. The Labute approximate surface area is 126 Å². The first kappa shape index (κ1) is 14.6. The molecule has 3 rings (SSSR count). The molecule has 0 saturated carbocycles. The van der Waals surface area contributed by atoms with Crippen LogP contribution < -0.4 is 4.74 Å². The van der Waals surface area contributed by atoms with Crippen molar-refractivity contribution in [2.24, 2.45) is 0 Å². The number of hydrogen-bond acceptors (Lipinski definition) is 6. The van der Waals surface area contributed by atoms with E-state index in [1.165, 1.54) is 6.92 Å². The van der Waals surface area contributed by atoms with Gasteiger partial charge in [0.1, 0.15) is 6.10 Å². The van der Waals surface area contributed by atoms with Gasteiger partial charge in [0.2, 0.25) is 17.3 Å². The van der Waals surface area contributed by atoms with E-state index in [0.717, 1.165) is 0 Å². The van der Waals surface area contributed by atoms with Crippen LogP contribution in [-0.2, 0) is 4.79 Å². The van der Waals surface area contributed by atoms with Gasteiger partial charge in [0, 0.05) is 0 Å². The number of aromatic hydroxyl groups is 2. The van der Waals surface area contributed by atoms with Crippen LogP contribution in [0.1, 0.15) is 35.3 Å². The second-order valence-corrected chi connectivity index (χ2v) is 5.86. The molecule has 6 nitrogen and oxygen atoms in total. The molecule has 1 aliphatic carbocycles. The number of phenols is 2. The van der Waals surface area contributed by atoms with Crippen LogP contribution in [0, 0.1) is 13.8 Å². The lowest BCUT2D eigenvalue weighted by atomic mass is 9.86. The summed E-state index contributed by atoms with van der Waals surface area (Å²) in [5, 5.41) is 30.3. The maximum absolute atomic E-state index is 12.8. The second kappa shape index (κ2) is 4.10. The normalized spacial score (nSPS) is 26.9. The zero-order valence-electron chi connectivity index (χ0n) is 12.6. The van der Waals surface area contributed by atoms with E-state index >= 15 is 0 Å². The van der Waals surface area contributed by atoms with Crippen LogP contribution in [0.4, 0.5) is 0 Å². The molecule has 1 spiro atoms. The lowest BCUT2D eigenvalue weighted by Gasteiger charge is -2.25. The van der Waals surface area contributed by atoms with E-state index in [9.17, 15) is 24.9 Å². The highest BCUT2D eigenvalue weighted by Gasteiger charge is 2.64. The number of benzene rings is 1. The molecule has 1 aliphatic heterocycles. The van der Waals surface area contributed by atoms with Crippen LogP contribution in [0.15, 0.2) is 11.1 Å². The van der Waals surface area contributed by atoms with Crippen molar-refractivity contribution in [3.05, 3.63) is 27.8 Å². The Kier molecular flexibility index (Phi) is 2.72. The number of carbonyl (C=O) groups excluding carboxylic acids is 2. The van der Waals surface area contributed by atoms with E-state index in [4.69, 9.17) is 4.74 Å². The van der Waals surface area contributed by atoms with Gasteiger partial charge in [-0.15, -0.1) is 0 Å². The summed E-state index contributed by atoms with van der Waals surface area (Å²) in [6.45, 7) is 6.21. The second-order valence-electron chi connectivity index (χ2n) is 5.86. The molecule has 2 aliphatic rings. The van der Waals surface area contributed by atoms with E-state index in [1.807, 2.05) is 0 Å². The van der Waals surface area contributed by atoms with Crippen molar-refractivity contribution in [1.82, 2.24) is 0 Å². The number of hydrogen-bond donors (Lipinski definition) is 3. The number of fused-ring (bicyclic) bond motifs is 1. The third-order valence-electron chi connectivity index (χ3n) is 4.85. The maximum atomic E-state index is 12.8. The Morgan fingerprint density at radius 1 is 0.955 bits per heavy atom. The van der Waals surface area contributed by atoms with Gasteiger partial charge in [0.05, 0.1) is 5.56 Å². The summed E-state index contributed by atoms with van der Waals surface area (Å²) in [4.78, 5) is 25.4. The molecular weight excluding hydrogens is 288 g/mol. The van der Waals surface area contributed by atoms with Crippen molar-refractivity contribution in [1.29, 1.82) is 0 Å². The quantitative estimate of drug-likeness (QED) is 0.493. The van der Waals surface area contributed by atoms with Crippen LogP contribution in [-0.4, -0.2) is 38.6 Å². The minimum atomic E-state index is -2.08. The van der Waals surface area contributed by atoms with E-state index in [-0.39, 0.29) is 16.9 Å². The van der Waals surface area contributed by atoms with Gasteiger partial charge in [-0.2, -0.15) is 0 Å². The minimum Gasteiger partial charge on any atom is -0.504 e. The van der Waals surface area contributed by atoms with Crippen molar-refractivity contribution in [2.75, 3.05) is 0 Å². The van der Waals surface area contributed by atoms with Gasteiger partial charge in [-0.05, 0) is 50.0 Å². The molecule has 0 amide bonds. The standard InChI is InChI=1S/C16H16O6/c1-5-6(2)10(17)11(18)12-9(5)15(21)16(22-12)13(19)7(3)8(4)14(16)20/h13,17-19H,1-4H3/t13-,16+/m0/s1. The van der Waals surface area contributed by atoms with Crippen LogP contribution in [0.25, 0.3) is 0 Å². The first-order chi connectivity index (χ1) is 10.2. The molecule has 1 aromatic carbocycles. The number of aliphatic hydroxyl groups is 1. The molecule has 0 aromatic heterocycles. The molecule has 2 atom stereocenters. The number of ketones is 2. The van der Waals surface area contributed by atoms with Crippen molar-refractivity contribution in [2.45, 2.75) is 39.4 Å². The number of rotatable bonds is 0. The van der Waals surface area contributed by atoms with Gasteiger partial charge in [-0.25, -0.2) is 0 Å². The number of carbonyl (C=O) groups is 2. The van der Waals surface area contributed by atoms with Gasteiger partial charge in [0.15, 0.2) is 11.5 Å². The summed E-state index contributed by atoms with van der Waals surface area (Å²) < 4.78 is 5.48. The Morgan fingerprint density at radius 3 is 2.05 bits per heavy atom. The Bertz CT molecular complexity index is 789. The van der Waals surface area contributed by atoms with Gasteiger partial charge < -0.3 is 20.1 Å². The predicted molar refractivity (Wildman–Crippen MR) is 76.3 cm³/mol. The zero-order valence-corrected chi connectivity index (χ0v) is 12.6. The fraction of sp³-hybridized carbons (Fsp3) is 0.375. The minimum absolute atomic E-state index is 0.0303. The van der Waals surface area contributed by atoms with E-state index in [0.29, 0.717) is 16.7 Å². The zero-order chi connectivity index (χ0) is 16.6. The number of phenolic OH excluding ortho intramolecular Hbond substituents is 2. The highest BCUT2D eigenvalue weighted by molar-refractivity contribution is 6.28. The average Bonchev–Trinajstić information content (AvgIpc) is 2.89. The summed E-state index contributed by atoms with van der Waals surface area (Å²) in [7, 11) is 0. The Balaban J connectivity index is 2.29. The van der Waals surface area contributed by atoms with Crippen molar-refractivity contribution in [3.63, 3.8) is 0 Å². The van der Waals surface area contributed by atoms with Gasteiger partial charge in [0.25, 0.3) is 5.60 Å². The van der Waals surface area contributed by atoms with Gasteiger partial charge >= 0.3 is 0 Å². The first-order valence-corrected chi connectivity index (χ1v) is 6.85. The van der Waals surface area contributed by atoms with Crippen LogP contribution in [0.3, 0.4) is 0 Å². The maximum Gasteiger partial charge on any atom is 0.262 e. The lowest BCUT2D eigenvalue weighted by Crippen LogP contribution is -2.54. The van der Waals surface area contributed by atoms with Crippen molar-refractivity contribution in [3.8, 4) is 17.2 Å². The molecule has 22 heavy (non-hydrogen) atoms. The summed E-state index contributed by atoms with van der Waals surface area (Å²) in [6.07, 6.45) is -1.42. The summed E-state index contributed by atoms with van der Waals surface area (Å²) >= 11 is 0. The number of ether oxygens (including phenoxy) is 1. The summed E-state index contributed by atoms with van der Waals surface area (Å²) in [5.41, 5.74) is -0.682. The fourth-order valence-corrected chi connectivity index (χ4v) is 3.13. The topological polar surface area (TPSA) is 104 Å². The van der Waals surface area contributed by atoms with Crippen LogP contribution >= 0.6 is 0 Å². The third kappa shape index (κ3) is 1.33. The van der Waals surface area contributed by atoms with E-state index < -0.39 is 34.8 Å². The molecule has 0 unspecified atom stereocenters. The SMILES string of the molecule is CC1=C(C)[C@H](O)[C@@]2(Oc3c(O)c(O)c(C)c(C)c3C2=O)C1=O. The Morgan fingerprint density at radius 2 is 1.55 bits per heavy atom. The van der Waals surface area contributed by atoms with E-state index in [1.54, 1.807) is 20.8 Å².